The van der Waals surface area contributed by atoms with Gasteiger partial charge in [0.05, 0.1) is 0 Å². The van der Waals surface area contributed by atoms with Gasteiger partial charge in [-0.3, -0.25) is 0 Å². The van der Waals surface area contributed by atoms with Crippen LogP contribution in [-0.2, 0) is 10.0 Å². The molecule has 0 spiro atoms. The second-order valence-corrected chi connectivity index (χ2v) is 7.38. The van der Waals surface area contributed by atoms with Gasteiger partial charge in [-0.2, -0.15) is 11.8 Å². The lowest BCUT2D eigenvalue weighted by atomic mass is 10.0. The minimum atomic E-state index is -3.52. The van der Waals surface area contributed by atoms with Crippen LogP contribution < -0.4 is 10.5 Å². The largest absolute Gasteiger partial charge is 0.384 e. The molecule has 0 aliphatic carbocycles. The van der Waals surface area contributed by atoms with Crippen molar-refractivity contribution in [1.29, 1.82) is 0 Å². The summed E-state index contributed by atoms with van der Waals surface area (Å²) < 4.78 is 26.9. The Hall–Kier alpha value is -0.790. The maximum atomic E-state index is 12.1. The summed E-state index contributed by atoms with van der Waals surface area (Å²) in [5.74, 6) is 0.305. The van der Waals surface area contributed by atoms with Crippen LogP contribution in [0, 0.1) is 0 Å². The molecule has 0 aliphatic rings. The van der Waals surface area contributed by atoms with Crippen LogP contribution in [0.1, 0.15) is 26.7 Å². The van der Waals surface area contributed by atoms with Gasteiger partial charge in [0, 0.05) is 17.5 Å². The summed E-state index contributed by atoms with van der Waals surface area (Å²) in [6, 6.07) is 2.94. The number of nitrogens with two attached hydrogens (primary N) is 1. The van der Waals surface area contributed by atoms with E-state index in [4.69, 9.17) is 5.73 Å². The van der Waals surface area contributed by atoms with Gasteiger partial charge in [-0.1, -0.05) is 13.8 Å². The molecular formula is C12H21N3O2S2. The topological polar surface area (TPSA) is 85.1 Å². The minimum Gasteiger partial charge on any atom is -0.384 e. The van der Waals surface area contributed by atoms with E-state index >= 15 is 0 Å². The zero-order valence-corrected chi connectivity index (χ0v) is 13.1. The summed E-state index contributed by atoms with van der Waals surface area (Å²) in [5.41, 5.74) is 5.45. The van der Waals surface area contributed by atoms with Crippen molar-refractivity contribution in [2.75, 3.05) is 18.5 Å². The molecule has 0 amide bonds. The van der Waals surface area contributed by atoms with E-state index in [1.165, 1.54) is 18.3 Å². The normalized spacial score (nSPS) is 12.6. The van der Waals surface area contributed by atoms with Crippen LogP contribution in [-0.4, -0.2) is 30.9 Å². The highest BCUT2D eigenvalue weighted by molar-refractivity contribution is 8.00. The van der Waals surface area contributed by atoms with Crippen molar-refractivity contribution in [3.63, 3.8) is 0 Å². The van der Waals surface area contributed by atoms with Crippen LogP contribution in [0.2, 0.25) is 0 Å². The summed E-state index contributed by atoms with van der Waals surface area (Å²) in [6.45, 7) is 4.55. The van der Waals surface area contributed by atoms with E-state index in [2.05, 4.69) is 23.6 Å². The van der Waals surface area contributed by atoms with Crippen molar-refractivity contribution >= 4 is 27.6 Å². The highest BCUT2D eigenvalue weighted by atomic mass is 32.2. The van der Waals surface area contributed by atoms with Crippen LogP contribution in [0.3, 0.4) is 0 Å². The number of pyridine rings is 1. The van der Waals surface area contributed by atoms with Crippen LogP contribution in [0.5, 0.6) is 0 Å². The van der Waals surface area contributed by atoms with Crippen LogP contribution >= 0.6 is 11.8 Å². The number of hydrogen-bond donors (Lipinski definition) is 2. The molecule has 0 unspecified atom stereocenters. The average molecular weight is 303 g/mol. The summed E-state index contributed by atoms with van der Waals surface area (Å²) in [4.78, 5) is 3.95. The number of sulfonamides is 1. The molecule has 108 valence electrons. The van der Waals surface area contributed by atoms with Gasteiger partial charge >= 0.3 is 0 Å². The molecule has 5 nitrogen and oxygen atoms in total. The average Bonchev–Trinajstić information content (AvgIpc) is 2.41. The van der Waals surface area contributed by atoms with E-state index in [-0.39, 0.29) is 9.64 Å². The molecule has 1 heterocycles. The molecule has 0 aliphatic heterocycles. The summed E-state index contributed by atoms with van der Waals surface area (Å²) >= 11 is 1.69. The van der Waals surface area contributed by atoms with Crippen LogP contribution in [0.25, 0.3) is 0 Å². The molecule has 0 saturated heterocycles. The highest BCUT2D eigenvalue weighted by Crippen LogP contribution is 2.30. The Morgan fingerprint density at radius 1 is 1.37 bits per heavy atom. The zero-order chi connectivity index (χ0) is 14.5. The van der Waals surface area contributed by atoms with Gasteiger partial charge in [-0.15, -0.1) is 0 Å². The fourth-order valence-electron chi connectivity index (χ4n) is 1.72. The molecule has 19 heavy (non-hydrogen) atoms. The predicted molar refractivity (Wildman–Crippen MR) is 80.7 cm³/mol. The third-order valence-electron chi connectivity index (χ3n) is 3.38. The number of nitrogens with one attached hydrogen (secondary N) is 1. The Balaban J connectivity index is 2.83. The molecule has 1 aromatic heterocycles. The van der Waals surface area contributed by atoms with Gasteiger partial charge in [0.1, 0.15) is 10.7 Å². The molecule has 3 N–H and O–H groups in total. The second-order valence-electron chi connectivity index (χ2n) is 4.34. The van der Waals surface area contributed by atoms with E-state index in [1.807, 2.05) is 6.26 Å². The van der Waals surface area contributed by atoms with Crippen molar-refractivity contribution in [3.8, 4) is 0 Å². The lowest BCUT2D eigenvalue weighted by Crippen LogP contribution is -2.39. The number of nitrogen functional groups attached to an aromatic ring is 1. The molecule has 0 radical (unpaired) electrons. The highest BCUT2D eigenvalue weighted by Gasteiger charge is 2.27. The quantitative estimate of drug-likeness (QED) is 0.803. The van der Waals surface area contributed by atoms with Crippen molar-refractivity contribution < 1.29 is 8.42 Å². The maximum absolute atomic E-state index is 12.1. The van der Waals surface area contributed by atoms with Gasteiger partial charge in [0.25, 0.3) is 0 Å². The summed E-state index contributed by atoms with van der Waals surface area (Å²) in [7, 11) is -3.52. The summed E-state index contributed by atoms with van der Waals surface area (Å²) in [5, 5.41) is 0. The maximum Gasteiger partial charge on any atom is 0.242 e. The second kappa shape index (κ2) is 6.58. The van der Waals surface area contributed by atoms with Crippen LogP contribution in [0.4, 0.5) is 5.82 Å². The minimum absolute atomic E-state index is 0.0612. The van der Waals surface area contributed by atoms with E-state index in [9.17, 15) is 8.42 Å². The Kier molecular flexibility index (Phi) is 5.64. The number of rotatable bonds is 7. The zero-order valence-electron chi connectivity index (χ0n) is 11.5. The monoisotopic (exact) mass is 303 g/mol. The first-order chi connectivity index (χ1) is 8.89. The van der Waals surface area contributed by atoms with E-state index < -0.39 is 10.0 Å². The van der Waals surface area contributed by atoms with Gasteiger partial charge in [-0.05, 0) is 31.2 Å². The molecule has 1 rings (SSSR count). The van der Waals surface area contributed by atoms with E-state index in [0.29, 0.717) is 12.4 Å². The molecule has 0 aromatic carbocycles. The van der Waals surface area contributed by atoms with Crippen molar-refractivity contribution in [2.24, 2.45) is 0 Å². The van der Waals surface area contributed by atoms with E-state index in [0.717, 1.165) is 12.8 Å². The Morgan fingerprint density at radius 2 is 2.00 bits per heavy atom. The Morgan fingerprint density at radius 3 is 2.42 bits per heavy atom. The summed E-state index contributed by atoms with van der Waals surface area (Å²) in [6.07, 6.45) is 5.10. The number of hydrogen-bond acceptors (Lipinski definition) is 5. The first-order valence-electron chi connectivity index (χ1n) is 6.15. The number of aromatic nitrogens is 1. The molecule has 0 fully saturated rings. The van der Waals surface area contributed by atoms with Crippen molar-refractivity contribution in [3.05, 3.63) is 18.3 Å². The molecule has 7 heteroatoms. The number of anilines is 1. The van der Waals surface area contributed by atoms with Gasteiger partial charge < -0.3 is 5.73 Å². The Labute approximate surface area is 119 Å². The van der Waals surface area contributed by atoms with Gasteiger partial charge in [0.2, 0.25) is 10.0 Å². The van der Waals surface area contributed by atoms with Crippen LogP contribution in [0.15, 0.2) is 23.2 Å². The lowest BCUT2D eigenvalue weighted by Gasteiger charge is -2.29. The number of nitrogens with zero attached hydrogens (tertiary/aromatic N) is 1. The van der Waals surface area contributed by atoms with Gasteiger partial charge in [0.15, 0.2) is 0 Å². The third kappa shape index (κ3) is 4.09. The third-order valence-corrected chi connectivity index (χ3v) is 6.35. The SMILES string of the molecule is CCC(CC)(CNS(=O)(=O)c1ccc(N)nc1)SC. The fraction of sp³-hybridized carbons (Fsp3) is 0.583. The first kappa shape index (κ1) is 16.3. The fourth-order valence-corrected chi connectivity index (χ4v) is 3.68. The first-order valence-corrected chi connectivity index (χ1v) is 8.86. The molecule has 0 saturated carbocycles. The molecule has 0 atom stereocenters. The number of thioether (sulfide) groups is 1. The smallest absolute Gasteiger partial charge is 0.242 e. The predicted octanol–water partition coefficient (Wildman–Crippen LogP) is 1.86. The van der Waals surface area contributed by atoms with E-state index in [1.54, 1.807) is 11.8 Å². The molecule has 0 bridgehead atoms. The lowest BCUT2D eigenvalue weighted by molar-refractivity contribution is 0.522. The standard InChI is InChI=1S/C12H21N3O2S2/c1-4-12(5-2,18-3)9-15-19(16,17)10-6-7-11(13)14-8-10/h6-8,15H,4-5,9H2,1-3H3,(H2,13,14). The Bertz CT molecular complexity index is 488. The van der Waals surface area contributed by atoms with Crippen molar-refractivity contribution in [2.45, 2.75) is 36.3 Å². The molecule has 1 aromatic rings. The van der Waals surface area contributed by atoms with Gasteiger partial charge in [-0.25, -0.2) is 18.1 Å². The van der Waals surface area contributed by atoms with Crippen molar-refractivity contribution in [1.82, 2.24) is 9.71 Å². The molecular weight excluding hydrogens is 282 g/mol.